The molecule has 8 rings (SSSR count). The number of hydrogen-bond acceptors (Lipinski definition) is 5. The summed E-state index contributed by atoms with van der Waals surface area (Å²) < 4.78 is 12.7. The number of benzene rings is 1. The molecule has 2 bridgehead atoms. The number of nitrogens with zero attached hydrogens (tertiary/aromatic N) is 3. The van der Waals surface area contributed by atoms with E-state index in [0.717, 1.165) is 74.2 Å². The maximum Gasteiger partial charge on any atom is 0.270 e. The first-order valence-corrected chi connectivity index (χ1v) is 15.8. The highest BCUT2D eigenvalue weighted by molar-refractivity contribution is 5.95. The third-order valence-electron chi connectivity index (χ3n) is 11.7. The Balaban J connectivity index is 1.10. The maximum atomic E-state index is 14.0. The van der Waals surface area contributed by atoms with Crippen LogP contribution in [0, 0.1) is 18.8 Å². The molecule has 3 aliphatic carbocycles. The lowest BCUT2D eigenvalue weighted by Crippen LogP contribution is -2.62. The van der Waals surface area contributed by atoms with Crippen molar-refractivity contribution in [2.75, 3.05) is 46.9 Å². The first-order chi connectivity index (χ1) is 19.9. The Labute approximate surface area is 242 Å². The predicted molar refractivity (Wildman–Crippen MR) is 155 cm³/mol. The number of likely N-dealkylation sites (tertiary alicyclic amines) is 1. The van der Waals surface area contributed by atoms with E-state index in [4.69, 9.17) is 9.47 Å². The zero-order valence-electron chi connectivity index (χ0n) is 24.6. The van der Waals surface area contributed by atoms with Crippen molar-refractivity contribution < 1.29 is 19.1 Å². The summed E-state index contributed by atoms with van der Waals surface area (Å²) in [7, 11) is 3.99. The van der Waals surface area contributed by atoms with Crippen molar-refractivity contribution in [1.29, 1.82) is 0 Å². The van der Waals surface area contributed by atoms with E-state index in [1.165, 1.54) is 23.1 Å². The number of piperazine rings is 1. The smallest absolute Gasteiger partial charge is 0.270 e. The second-order valence-corrected chi connectivity index (χ2v) is 13.5. The van der Waals surface area contributed by atoms with Crippen LogP contribution in [0.4, 0.5) is 0 Å². The van der Waals surface area contributed by atoms with Gasteiger partial charge in [0.1, 0.15) is 11.8 Å². The number of carbonyl (C=O) groups is 2. The van der Waals surface area contributed by atoms with E-state index in [2.05, 4.69) is 36.0 Å². The van der Waals surface area contributed by atoms with Crippen LogP contribution in [0.3, 0.4) is 0 Å². The molecule has 41 heavy (non-hydrogen) atoms. The molecular formula is C33H42N4O4. The van der Waals surface area contributed by atoms with Gasteiger partial charge in [-0.3, -0.25) is 9.59 Å². The fourth-order valence-electron chi connectivity index (χ4n) is 9.55. The second-order valence-electron chi connectivity index (χ2n) is 13.5. The van der Waals surface area contributed by atoms with Crippen LogP contribution in [0.15, 0.2) is 12.1 Å². The second kappa shape index (κ2) is 9.25. The van der Waals surface area contributed by atoms with Gasteiger partial charge in [0.2, 0.25) is 5.91 Å². The number of ether oxygens (including phenoxy) is 2. The van der Waals surface area contributed by atoms with E-state index >= 15 is 0 Å². The molecule has 2 amide bonds. The summed E-state index contributed by atoms with van der Waals surface area (Å²) >= 11 is 0. The molecule has 2 aromatic rings. The van der Waals surface area contributed by atoms with Gasteiger partial charge in [-0.1, -0.05) is 25.3 Å². The highest BCUT2D eigenvalue weighted by Gasteiger charge is 2.65. The number of hydrogen-bond donors (Lipinski definition) is 1. The zero-order valence-corrected chi connectivity index (χ0v) is 24.6. The monoisotopic (exact) mass is 558 g/mol. The number of H-pyrrole nitrogens is 1. The molecule has 3 fully saturated rings. The summed E-state index contributed by atoms with van der Waals surface area (Å²) in [4.78, 5) is 37.2. The van der Waals surface area contributed by atoms with Crippen molar-refractivity contribution in [3.05, 3.63) is 45.8 Å². The lowest BCUT2D eigenvalue weighted by Gasteiger charge is -2.57. The zero-order chi connectivity index (χ0) is 28.0. The van der Waals surface area contributed by atoms with E-state index in [0.29, 0.717) is 49.7 Å². The van der Waals surface area contributed by atoms with Gasteiger partial charge >= 0.3 is 0 Å². The first kappa shape index (κ1) is 25.7. The summed E-state index contributed by atoms with van der Waals surface area (Å²) in [6.07, 6.45) is 8.50. The molecule has 8 heteroatoms. The largest absolute Gasteiger partial charge is 0.493 e. The first-order valence-electron chi connectivity index (χ1n) is 15.8. The van der Waals surface area contributed by atoms with Crippen molar-refractivity contribution >= 4 is 11.8 Å². The summed E-state index contributed by atoms with van der Waals surface area (Å²) in [5.41, 5.74) is 6.78. The quantitative estimate of drug-likeness (QED) is 0.616. The van der Waals surface area contributed by atoms with Crippen molar-refractivity contribution in [2.45, 2.75) is 75.9 Å². The summed E-state index contributed by atoms with van der Waals surface area (Å²) in [5.74, 6) is 2.69. The van der Waals surface area contributed by atoms with Gasteiger partial charge < -0.3 is 29.2 Å². The van der Waals surface area contributed by atoms with Gasteiger partial charge in [-0.2, -0.15) is 0 Å². The third-order valence-corrected chi connectivity index (χ3v) is 11.7. The number of nitrogens with one attached hydrogen (secondary N) is 1. The van der Waals surface area contributed by atoms with Gasteiger partial charge in [0.15, 0.2) is 11.5 Å². The van der Waals surface area contributed by atoms with E-state index in [9.17, 15) is 9.59 Å². The number of likely N-dealkylation sites (N-methyl/N-ethyl adjacent to an activating group) is 1. The average molecular weight is 559 g/mol. The van der Waals surface area contributed by atoms with Gasteiger partial charge in [0.25, 0.3) is 5.91 Å². The molecule has 1 saturated carbocycles. The minimum atomic E-state index is -0.136. The molecule has 0 radical (unpaired) electrons. The van der Waals surface area contributed by atoms with Crippen LogP contribution >= 0.6 is 0 Å². The summed E-state index contributed by atoms with van der Waals surface area (Å²) in [5, 5.41) is 0. The van der Waals surface area contributed by atoms with E-state index in [1.54, 1.807) is 7.11 Å². The van der Waals surface area contributed by atoms with Crippen LogP contribution in [0.1, 0.15) is 83.1 Å². The Bertz CT molecular complexity index is 1420. The molecule has 1 N–H and O–H groups in total. The molecule has 6 aliphatic rings. The Kier molecular flexibility index (Phi) is 5.80. The SMILES string of the molecule is COc1ccc2c3c1O[C@H]1c4[nH]c(C(=O)N5CCN(C(=O)C6CCCCC6)CC5)c(C)c4CC4[C@H](C2)N(C)CC[C@@]341. The maximum absolute atomic E-state index is 14.0. The number of amides is 2. The van der Waals surface area contributed by atoms with Crippen molar-refractivity contribution in [2.24, 2.45) is 11.8 Å². The van der Waals surface area contributed by atoms with E-state index in [1.807, 2.05) is 9.80 Å². The highest BCUT2D eigenvalue weighted by Crippen LogP contribution is 2.67. The van der Waals surface area contributed by atoms with Crippen LogP contribution in [0.2, 0.25) is 0 Å². The van der Waals surface area contributed by atoms with Gasteiger partial charge in [-0.25, -0.2) is 0 Å². The van der Waals surface area contributed by atoms with Gasteiger partial charge in [-0.15, -0.1) is 0 Å². The number of carbonyl (C=O) groups excluding carboxylic acids is 2. The molecule has 1 aromatic heterocycles. The van der Waals surface area contributed by atoms with Crippen molar-refractivity contribution in [3.8, 4) is 11.5 Å². The molecule has 4 heterocycles. The minimum absolute atomic E-state index is 0.0519. The summed E-state index contributed by atoms with van der Waals surface area (Å²) in [6, 6.07) is 4.77. The Morgan fingerprint density at radius 1 is 1.02 bits per heavy atom. The fraction of sp³-hybridized carbons (Fsp3) is 0.636. The number of methoxy groups -OCH3 is 1. The summed E-state index contributed by atoms with van der Waals surface area (Å²) in [6.45, 7) is 5.59. The highest BCUT2D eigenvalue weighted by atomic mass is 16.5. The average Bonchev–Trinajstić information content (AvgIpc) is 3.53. The molecule has 2 saturated heterocycles. The van der Waals surface area contributed by atoms with Crippen molar-refractivity contribution in [3.63, 3.8) is 0 Å². The van der Waals surface area contributed by atoms with Gasteiger partial charge in [0, 0.05) is 49.1 Å². The molecule has 1 aromatic carbocycles. The Morgan fingerprint density at radius 2 is 1.78 bits per heavy atom. The molecular weight excluding hydrogens is 516 g/mol. The van der Waals surface area contributed by atoms with Crippen LogP contribution < -0.4 is 9.47 Å². The Hall–Kier alpha value is -3.00. The molecule has 8 nitrogen and oxygen atoms in total. The molecule has 218 valence electrons. The Morgan fingerprint density at radius 3 is 2.54 bits per heavy atom. The number of fused-ring (bicyclic) bond motifs is 2. The number of rotatable bonds is 3. The van der Waals surface area contributed by atoms with Crippen molar-refractivity contribution in [1.82, 2.24) is 19.7 Å². The minimum Gasteiger partial charge on any atom is -0.493 e. The molecule has 1 unspecified atom stereocenters. The molecule has 4 atom stereocenters. The fourth-order valence-corrected chi connectivity index (χ4v) is 9.55. The van der Waals surface area contributed by atoms with Crippen LogP contribution in [0.25, 0.3) is 0 Å². The topological polar surface area (TPSA) is 78.1 Å². The van der Waals surface area contributed by atoms with Gasteiger partial charge in [-0.05, 0) is 81.3 Å². The lowest BCUT2D eigenvalue weighted by atomic mass is 9.51. The number of aromatic nitrogens is 1. The standard InChI is InChI=1S/C33H42N4O4/c1-19-22-18-23-24-17-21-9-10-25(40-3)29-26(21)33(23,11-12-35(24)2)30(41-29)28(22)34-27(19)32(39)37-15-13-36(14-16-37)31(38)20-7-5-4-6-8-20/h9-10,20,23-24,30,34H,4-8,11-18H2,1-3H3/t23?,24-,30-,33-/m0/s1. The third kappa shape index (κ3) is 3.49. The van der Waals surface area contributed by atoms with Crippen LogP contribution in [-0.2, 0) is 23.1 Å². The normalized spacial score (nSPS) is 30.5. The van der Waals surface area contributed by atoms with Crippen LogP contribution in [0.5, 0.6) is 11.5 Å². The van der Waals surface area contributed by atoms with E-state index < -0.39 is 0 Å². The van der Waals surface area contributed by atoms with Crippen LogP contribution in [-0.4, -0.2) is 84.4 Å². The number of aromatic amines is 1. The molecule has 3 aliphatic heterocycles. The van der Waals surface area contributed by atoms with E-state index in [-0.39, 0.29) is 23.3 Å². The predicted octanol–water partition coefficient (Wildman–Crippen LogP) is 4.00. The number of piperidine rings is 1. The lowest BCUT2D eigenvalue weighted by molar-refractivity contribution is -0.138. The molecule has 1 spiro atoms. The van der Waals surface area contributed by atoms with Gasteiger partial charge in [0.05, 0.1) is 12.8 Å².